The zero-order chi connectivity index (χ0) is 15.7. The van der Waals surface area contributed by atoms with Crippen LogP contribution in [0.2, 0.25) is 5.02 Å². The van der Waals surface area contributed by atoms with Gasteiger partial charge in [0.15, 0.2) is 0 Å². The second-order valence-corrected chi connectivity index (χ2v) is 5.19. The molecule has 0 atom stereocenters. The molecule has 0 spiro atoms. The lowest BCUT2D eigenvalue weighted by Gasteiger charge is -2.01. The molecule has 2 aromatic heterocycles. The number of hydrogen-bond acceptors (Lipinski definition) is 3. The van der Waals surface area contributed by atoms with Gasteiger partial charge in [-0.15, -0.1) is 0 Å². The highest BCUT2D eigenvalue weighted by atomic mass is 35.5. The third-order valence-corrected chi connectivity index (χ3v) is 3.61. The molecule has 0 bridgehead atoms. The molecule has 3 rings (SSSR count). The molecule has 0 aliphatic carbocycles. The highest BCUT2D eigenvalue weighted by Gasteiger charge is 2.13. The molecule has 0 aliphatic heterocycles. The Balaban J connectivity index is 1.98. The quantitative estimate of drug-likeness (QED) is 0.513. The van der Waals surface area contributed by atoms with Crippen LogP contribution >= 0.6 is 11.6 Å². The first-order chi connectivity index (χ1) is 10.6. The summed E-state index contributed by atoms with van der Waals surface area (Å²) in [5.41, 5.74) is 4.48. The van der Waals surface area contributed by atoms with Crippen LogP contribution in [0, 0.1) is 5.82 Å². The molecule has 1 amide bonds. The Morgan fingerprint density at radius 1 is 1.36 bits per heavy atom. The number of H-pyrrole nitrogens is 1. The Bertz CT molecular complexity index is 863. The van der Waals surface area contributed by atoms with Gasteiger partial charge in [0, 0.05) is 18.3 Å². The van der Waals surface area contributed by atoms with Crippen molar-refractivity contribution in [3.8, 4) is 0 Å². The van der Waals surface area contributed by atoms with Gasteiger partial charge in [0.25, 0.3) is 5.91 Å². The Labute approximate surface area is 129 Å². The number of benzene rings is 1. The van der Waals surface area contributed by atoms with Crippen molar-refractivity contribution in [2.24, 2.45) is 0 Å². The predicted molar refractivity (Wildman–Crippen MR) is 79.6 cm³/mol. The van der Waals surface area contributed by atoms with E-state index in [9.17, 15) is 9.18 Å². The Kier molecular flexibility index (Phi) is 3.79. The van der Waals surface area contributed by atoms with Gasteiger partial charge >= 0.3 is 0 Å². The first-order valence-corrected chi connectivity index (χ1v) is 6.81. The van der Waals surface area contributed by atoms with Gasteiger partial charge in [-0.25, -0.2) is 9.87 Å². The van der Waals surface area contributed by atoms with Gasteiger partial charge in [-0.1, -0.05) is 17.7 Å². The Morgan fingerprint density at radius 3 is 2.91 bits per heavy atom. The molecule has 3 aromatic rings. The maximum absolute atomic E-state index is 13.5. The zero-order valence-corrected chi connectivity index (χ0v) is 12.0. The van der Waals surface area contributed by atoms with Gasteiger partial charge in [0.05, 0.1) is 21.6 Å². The number of aromatic amines is 1. The molecule has 112 valence electrons. The van der Waals surface area contributed by atoms with Crippen LogP contribution in [0.25, 0.3) is 11.0 Å². The van der Waals surface area contributed by atoms with E-state index in [1.165, 1.54) is 24.4 Å². The second kappa shape index (κ2) is 5.75. The lowest BCUT2D eigenvalue weighted by atomic mass is 10.1. The largest absolute Gasteiger partial charge is 0.356 e. The van der Waals surface area contributed by atoms with Gasteiger partial charge < -0.3 is 4.98 Å². The lowest BCUT2D eigenvalue weighted by molar-refractivity contribution is 0.0708. The minimum atomic E-state index is -0.627. The highest BCUT2D eigenvalue weighted by molar-refractivity contribution is 6.30. The first kappa shape index (κ1) is 14.5. The first-order valence-electron chi connectivity index (χ1n) is 6.43. The minimum Gasteiger partial charge on any atom is -0.356 e. The molecule has 0 radical (unpaired) electrons. The summed E-state index contributed by atoms with van der Waals surface area (Å²) >= 11 is 5.66. The van der Waals surface area contributed by atoms with Gasteiger partial charge in [0.2, 0.25) is 0 Å². The van der Waals surface area contributed by atoms with E-state index in [0.717, 1.165) is 11.3 Å². The van der Waals surface area contributed by atoms with Crippen molar-refractivity contribution in [1.82, 2.24) is 15.4 Å². The van der Waals surface area contributed by atoms with E-state index in [1.54, 1.807) is 17.6 Å². The van der Waals surface area contributed by atoms with Crippen LogP contribution in [0.4, 0.5) is 4.39 Å². The van der Waals surface area contributed by atoms with E-state index in [2.05, 4.69) is 9.97 Å². The molecule has 5 nitrogen and oxygen atoms in total. The number of hydroxylamine groups is 1. The maximum atomic E-state index is 13.5. The van der Waals surface area contributed by atoms with Gasteiger partial charge in [0.1, 0.15) is 5.82 Å². The number of rotatable bonds is 3. The van der Waals surface area contributed by atoms with Crippen molar-refractivity contribution in [1.29, 1.82) is 0 Å². The monoisotopic (exact) mass is 319 g/mol. The van der Waals surface area contributed by atoms with E-state index in [-0.39, 0.29) is 10.6 Å². The van der Waals surface area contributed by atoms with Crippen molar-refractivity contribution < 1.29 is 14.4 Å². The highest BCUT2D eigenvalue weighted by Crippen LogP contribution is 2.21. The van der Waals surface area contributed by atoms with Crippen LogP contribution in [-0.2, 0) is 6.42 Å². The molecule has 3 N–H and O–H groups in total. The normalized spacial score (nSPS) is 10.9. The van der Waals surface area contributed by atoms with Crippen LogP contribution < -0.4 is 5.48 Å². The minimum absolute atomic E-state index is 0.0731. The third-order valence-electron chi connectivity index (χ3n) is 3.30. The number of aromatic nitrogens is 2. The molecule has 0 saturated carbocycles. The van der Waals surface area contributed by atoms with E-state index in [1.807, 2.05) is 0 Å². The summed E-state index contributed by atoms with van der Waals surface area (Å²) in [5.74, 6) is -1.10. The summed E-state index contributed by atoms with van der Waals surface area (Å²) in [5, 5.41) is 8.83. The van der Waals surface area contributed by atoms with Crippen molar-refractivity contribution in [3.63, 3.8) is 0 Å². The second-order valence-electron chi connectivity index (χ2n) is 4.78. The standard InChI is InChI=1S/C15H11ClFN3O2/c16-11-2-1-8(6-12(11)17)5-9-7-13-14(19-9)10(3-4-18-13)15(21)20-22/h1-4,6-7,19,22H,5H2,(H,20,21). The van der Waals surface area contributed by atoms with Crippen molar-refractivity contribution in [2.75, 3.05) is 0 Å². The summed E-state index contributed by atoms with van der Waals surface area (Å²) in [7, 11) is 0. The number of halogens is 2. The van der Waals surface area contributed by atoms with Gasteiger partial charge in [-0.3, -0.25) is 15.0 Å². The summed E-state index contributed by atoms with van der Waals surface area (Å²) in [4.78, 5) is 18.8. The topological polar surface area (TPSA) is 78.0 Å². The fraction of sp³-hybridized carbons (Fsp3) is 0.0667. The van der Waals surface area contributed by atoms with E-state index >= 15 is 0 Å². The maximum Gasteiger partial charge on any atom is 0.276 e. The van der Waals surface area contributed by atoms with Gasteiger partial charge in [-0.2, -0.15) is 0 Å². The third kappa shape index (κ3) is 2.66. The molecule has 0 saturated heterocycles. The Morgan fingerprint density at radius 2 is 2.18 bits per heavy atom. The number of carbonyl (C=O) groups excluding carboxylic acids is 1. The van der Waals surface area contributed by atoms with Crippen molar-refractivity contribution in [2.45, 2.75) is 6.42 Å². The summed E-state index contributed by atoms with van der Waals surface area (Å²) < 4.78 is 13.5. The number of carbonyl (C=O) groups is 1. The molecular formula is C15H11ClFN3O2. The molecule has 2 heterocycles. The van der Waals surface area contributed by atoms with Crippen molar-refractivity contribution in [3.05, 3.63) is 64.2 Å². The molecule has 0 fully saturated rings. The average molecular weight is 320 g/mol. The number of fused-ring (bicyclic) bond motifs is 1. The lowest BCUT2D eigenvalue weighted by Crippen LogP contribution is -2.19. The molecule has 1 aromatic carbocycles. The SMILES string of the molecule is O=C(NO)c1ccnc2cc(Cc3ccc(Cl)c(F)c3)[nH]c12. The van der Waals surface area contributed by atoms with Crippen LogP contribution in [0.15, 0.2) is 36.5 Å². The molecule has 0 aliphatic rings. The molecule has 7 heteroatoms. The number of hydrogen-bond donors (Lipinski definition) is 3. The smallest absolute Gasteiger partial charge is 0.276 e. The molecular weight excluding hydrogens is 309 g/mol. The van der Waals surface area contributed by atoms with Crippen LogP contribution in [0.1, 0.15) is 21.6 Å². The van der Waals surface area contributed by atoms with Gasteiger partial charge in [-0.05, 0) is 29.8 Å². The summed E-state index contributed by atoms with van der Waals surface area (Å²) in [6.45, 7) is 0. The zero-order valence-electron chi connectivity index (χ0n) is 11.2. The summed E-state index contributed by atoms with van der Waals surface area (Å²) in [6, 6.07) is 7.86. The fourth-order valence-corrected chi connectivity index (χ4v) is 2.41. The average Bonchev–Trinajstić information content (AvgIpc) is 2.92. The van der Waals surface area contributed by atoms with Crippen LogP contribution in [0.5, 0.6) is 0 Å². The number of nitrogens with zero attached hydrogens (tertiary/aromatic N) is 1. The number of amides is 1. The number of nitrogens with one attached hydrogen (secondary N) is 2. The Hall–Kier alpha value is -2.44. The fourth-order valence-electron chi connectivity index (χ4n) is 2.29. The summed E-state index contributed by atoms with van der Waals surface area (Å²) in [6.07, 6.45) is 1.91. The van der Waals surface area contributed by atoms with Crippen LogP contribution in [-0.4, -0.2) is 21.1 Å². The van der Waals surface area contributed by atoms with E-state index in [4.69, 9.17) is 16.8 Å². The van der Waals surface area contributed by atoms with Crippen LogP contribution in [0.3, 0.4) is 0 Å². The number of pyridine rings is 1. The molecule has 0 unspecified atom stereocenters. The molecule has 22 heavy (non-hydrogen) atoms. The van der Waals surface area contributed by atoms with E-state index < -0.39 is 11.7 Å². The predicted octanol–water partition coefficient (Wildman–Crippen LogP) is 3.07. The van der Waals surface area contributed by atoms with Crippen molar-refractivity contribution >= 4 is 28.5 Å². The van der Waals surface area contributed by atoms with E-state index in [0.29, 0.717) is 17.5 Å².